The average molecular weight is 319 g/mol. The van der Waals surface area contributed by atoms with Gasteiger partial charge in [-0.25, -0.2) is 9.97 Å². The summed E-state index contributed by atoms with van der Waals surface area (Å²) in [5.74, 6) is -0.0754. The molecule has 10 heteroatoms. The van der Waals surface area contributed by atoms with E-state index in [4.69, 9.17) is 12.2 Å². The number of aromatic amines is 3. The van der Waals surface area contributed by atoms with Crippen LogP contribution in [0.2, 0.25) is 0 Å². The summed E-state index contributed by atoms with van der Waals surface area (Å²) in [6.45, 7) is 2.19. The molecule has 0 radical (unpaired) electrons. The van der Waals surface area contributed by atoms with Gasteiger partial charge in [-0.1, -0.05) is 0 Å². The Hall–Kier alpha value is -2.75. The largest absolute Gasteiger partial charge is 0.345 e. The lowest BCUT2D eigenvalue weighted by atomic mass is 10.3. The van der Waals surface area contributed by atoms with Gasteiger partial charge in [0.15, 0.2) is 16.2 Å². The third-order valence-corrected chi connectivity index (χ3v) is 3.44. The minimum absolute atomic E-state index is 0.238. The molecule has 3 aromatic heterocycles. The molecule has 0 aliphatic rings. The van der Waals surface area contributed by atoms with E-state index in [2.05, 4.69) is 30.2 Å². The van der Waals surface area contributed by atoms with Crippen LogP contribution in [0.1, 0.15) is 17.5 Å². The number of aromatic nitrogens is 6. The highest BCUT2D eigenvalue weighted by molar-refractivity contribution is 7.71. The first-order valence-electron chi connectivity index (χ1n) is 6.52. The second-order valence-electron chi connectivity index (χ2n) is 4.78. The van der Waals surface area contributed by atoms with Crippen LogP contribution in [0.25, 0.3) is 11.2 Å². The standard InChI is InChI=1S/C12H13N7O2S/c1-6(17-11(21)8-13-2-3-14-8)4-19-9-7(15-5-16-9)10(20)18-12(19)22/h2-3,5-6H,4H2,1H3,(H,13,14)(H,15,16)(H,17,21)(H,18,20,22). The van der Waals surface area contributed by atoms with Crippen LogP contribution in [0.3, 0.4) is 0 Å². The Morgan fingerprint density at radius 1 is 1.45 bits per heavy atom. The van der Waals surface area contributed by atoms with E-state index in [1.165, 1.54) is 12.5 Å². The number of nitrogens with one attached hydrogen (secondary N) is 4. The van der Waals surface area contributed by atoms with Gasteiger partial charge in [-0.15, -0.1) is 0 Å². The molecule has 0 spiro atoms. The van der Waals surface area contributed by atoms with Gasteiger partial charge < -0.3 is 15.3 Å². The number of carbonyl (C=O) groups is 1. The van der Waals surface area contributed by atoms with E-state index in [-0.39, 0.29) is 28.1 Å². The maximum atomic E-state index is 11.9. The molecule has 0 fully saturated rings. The topological polar surface area (TPSA) is 124 Å². The number of fused-ring (bicyclic) bond motifs is 1. The second-order valence-corrected chi connectivity index (χ2v) is 5.17. The van der Waals surface area contributed by atoms with Gasteiger partial charge in [0.05, 0.1) is 6.33 Å². The number of amides is 1. The fraction of sp³-hybridized carbons (Fsp3) is 0.250. The van der Waals surface area contributed by atoms with Crippen molar-refractivity contribution >= 4 is 29.3 Å². The molecule has 0 aromatic carbocycles. The van der Waals surface area contributed by atoms with Crippen molar-refractivity contribution in [1.29, 1.82) is 0 Å². The van der Waals surface area contributed by atoms with Crippen molar-refractivity contribution in [3.63, 3.8) is 0 Å². The normalized spacial score (nSPS) is 12.4. The summed E-state index contributed by atoms with van der Waals surface area (Å²) in [6.07, 6.45) is 4.51. The predicted octanol–water partition coefficient (Wildman–Crippen LogP) is 0.324. The molecular weight excluding hydrogens is 306 g/mol. The quantitative estimate of drug-likeness (QED) is 0.516. The van der Waals surface area contributed by atoms with E-state index in [1.54, 1.807) is 10.8 Å². The molecule has 0 aliphatic carbocycles. The van der Waals surface area contributed by atoms with E-state index < -0.39 is 0 Å². The summed E-state index contributed by atoms with van der Waals surface area (Å²) in [4.78, 5) is 39.8. The lowest BCUT2D eigenvalue weighted by Gasteiger charge is -2.15. The molecule has 3 heterocycles. The summed E-state index contributed by atoms with van der Waals surface area (Å²) >= 11 is 5.17. The fourth-order valence-corrected chi connectivity index (χ4v) is 2.41. The van der Waals surface area contributed by atoms with E-state index >= 15 is 0 Å². The molecule has 4 N–H and O–H groups in total. The summed E-state index contributed by atoms with van der Waals surface area (Å²) in [6, 6.07) is -0.241. The number of hydrogen-bond donors (Lipinski definition) is 4. The zero-order valence-corrected chi connectivity index (χ0v) is 12.4. The number of rotatable bonds is 4. The van der Waals surface area contributed by atoms with Gasteiger partial charge in [-0.05, 0) is 19.1 Å². The van der Waals surface area contributed by atoms with Gasteiger partial charge in [0, 0.05) is 25.0 Å². The van der Waals surface area contributed by atoms with Crippen LogP contribution in [0.4, 0.5) is 0 Å². The van der Waals surface area contributed by atoms with Crippen LogP contribution < -0.4 is 10.9 Å². The molecule has 0 bridgehead atoms. The molecule has 3 aromatic rings. The lowest BCUT2D eigenvalue weighted by molar-refractivity contribution is 0.0927. The Morgan fingerprint density at radius 3 is 3.00 bits per heavy atom. The molecule has 0 saturated heterocycles. The first kappa shape index (κ1) is 14.2. The van der Waals surface area contributed by atoms with Crippen molar-refractivity contribution in [1.82, 2.24) is 34.8 Å². The molecule has 0 saturated carbocycles. The van der Waals surface area contributed by atoms with E-state index in [0.717, 1.165) is 0 Å². The molecule has 1 unspecified atom stereocenters. The van der Waals surface area contributed by atoms with Crippen LogP contribution in [-0.4, -0.2) is 41.4 Å². The lowest BCUT2D eigenvalue weighted by Crippen LogP contribution is -2.36. The zero-order chi connectivity index (χ0) is 15.7. The van der Waals surface area contributed by atoms with Gasteiger partial charge in [-0.2, -0.15) is 0 Å². The third-order valence-electron chi connectivity index (χ3n) is 3.11. The zero-order valence-electron chi connectivity index (χ0n) is 11.6. The van der Waals surface area contributed by atoms with E-state index in [9.17, 15) is 9.59 Å². The highest BCUT2D eigenvalue weighted by Crippen LogP contribution is 2.05. The number of H-pyrrole nitrogens is 3. The van der Waals surface area contributed by atoms with Gasteiger partial charge >= 0.3 is 0 Å². The van der Waals surface area contributed by atoms with Gasteiger partial charge in [0.2, 0.25) is 0 Å². The fourth-order valence-electron chi connectivity index (χ4n) is 2.15. The SMILES string of the molecule is CC(Cn1c(=S)[nH]c(=O)c2[nH]cnc21)NC(=O)c1ncc[nH]1. The van der Waals surface area contributed by atoms with E-state index in [0.29, 0.717) is 17.7 Å². The second kappa shape index (κ2) is 5.56. The van der Waals surface area contributed by atoms with Crippen molar-refractivity contribution in [2.75, 3.05) is 0 Å². The maximum Gasteiger partial charge on any atom is 0.287 e. The number of hydrogen-bond acceptors (Lipinski definition) is 5. The predicted molar refractivity (Wildman–Crippen MR) is 81.1 cm³/mol. The summed E-state index contributed by atoms with van der Waals surface area (Å²) < 4.78 is 1.92. The maximum absolute atomic E-state index is 11.9. The highest BCUT2D eigenvalue weighted by Gasteiger charge is 2.14. The molecule has 9 nitrogen and oxygen atoms in total. The first-order valence-corrected chi connectivity index (χ1v) is 6.93. The summed E-state index contributed by atoms with van der Waals surface area (Å²) in [5, 5.41) is 2.80. The van der Waals surface area contributed by atoms with Crippen molar-refractivity contribution in [2.45, 2.75) is 19.5 Å². The van der Waals surface area contributed by atoms with Crippen LogP contribution in [-0.2, 0) is 6.54 Å². The van der Waals surface area contributed by atoms with Crippen molar-refractivity contribution in [3.8, 4) is 0 Å². The minimum atomic E-state index is -0.318. The Kier molecular flexibility index (Phi) is 3.59. The van der Waals surface area contributed by atoms with Gasteiger partial charge in [0.25, 0.3) is 11.5 Å². The van der Waals surface area contributed by atoms with Gasteiger partial charge in [0.1, 0.15) is 5.52 Å². The number of nitrogens with zero attached hydrogens (tertiary/aromatic N) is 3. The van der Waals surface area contributed by atoms with Crippen LogP contribution >= 0.6 is 12.2 Å². The molecule has 22 heavy (non-hydrogen) atoms. The highest BCUT2D eigenvalue weighted by atomic mass is 32.1. The van der Waals surface area contributed by atoms with Crippen molar-refractivity contribution in [3.05, 3.63) is 39.7 Å². The average Bonchev–Trinajstić information content (AvgIpc) is 3.14. The first-order chi connectivity index (χ1) is 10.6. The molecule has 1 amide bonds. The van der Waals surface area contributed by atoms with E-state index in [1.807, 2.05) is 6.92 Å². The Balaban J connectivity index is 1.84. The Morgan fingerprint density at radius 2 is 2.27 bits per heavy atom. The van der Waals surface area contributed by atoms with Crippen LogP contribution in [0, 0.1) is 4.77 Å². The number of carbonyl (C=O) groups excluding carboxylic acids is 1. The van der Waals surface area contributed by atoms with Crippen LogP contribution in [0.5, 0.6) is 0 Å². The summed E-state index contributed by atoms with van der Waals surface area (Å²) in [5.41, 5.74) is 0.479. The third kappa shape index (κ3) is 2.55. The smallest absolute Gasteiger partial charge is 0.287 e. The minimum Gasteiger partial charge on any atom is -0.345 e. The molecular formula is C12H13N7O2S. The molecule has 3 rings (SSSR count). The Labute approximate surface area is 128 Å². The van der Waals surface area contributed by atoms with Crippen molar-refractivity contribution < 1.29 is 4.79 Å². The number of imidazole rings is 2. The Bertz CT molecular complexity index is 921. The summed E-state index contributed by atoms with van der Waals surface area (Å²) in [7, 11) is 0. The van der Waals surface area contributed by atoms with Crippen molar-refractivity contribution in [2.24, 2.45) is 0 Å². The van der Waals surface area contributed by atoms with Crippen LogP contribution in [0.15, 0.2) is 23.5 Å². The molecule has 114 valence electrons. The molecule has 1 atom stereocenters. The monoisotopic (exact) mass is 319 g/mol. The molecule has 0 aliphatic heterocycles. The van der Waals surface area contributed by atoms with Gasteiger partial charge in [-0.3, -0.25) is 19.1 Å².